The Bertz CT molecular complexity index is 314. The maximum atomic E-state index is 11.3. The van der Waals surface area contributed by atoms with E-state index in [0.29, 0.717) is 10.8 Å². The highest BCUT2D eigenvalue weighted by Gasteiger charge is 2.11. The summed E-state index contributed by atoms with van der Waals surface area (Å²) in [5.74, 6) is 0. The minimum atomic E-state index is 0.106. The lowest BCUT2D eigenvalue weighted by Gasteiger charge is -2.07. The summed E-state index contributed by atoms with van der Waals surface area (Å²) in [6, 6.07) is 4.14. The lowest BCUT2D eigenvalue weighted by atomic mass is 10.3. The number of carbonyl (C=O) groups is 1. The molecule has 3 heteroatoms. The van der Waals surface area contributed by atoms with E-state index in [0.717, 1.165) is 6.42 Å². The van der Waals surface area contributed by atoms with Crippen molar-refractivity contribution in [2.24, 2.45) is 0 Å². The molecule has 0 aliphatic carbocycles. The van der Waals surface area contributed by atoms with Gasteiger partial charge in [-0.25, -0.2) is 0 Å². The highest BCUT2D eigenvalue weighted by Crippen LogP contribution is 2.21. The third-order valence-electron chi connectivity index (χ3n) is 1.73. The Labute approximate surface area is 93.2 Å². The first kappa shape index (κ1) is 11.5. The molecule has 1 aromatic heterocycles. The van der Waals surface area contributed by atoms with Crippen molar-refractivity contribution >= 4 is 28.2 Å². The van der Waals surface area contributed by atoms with Gasteiger partial charge in [0.2, 0.25) is 5.12 Å². The monoisotopic (exact) mass is 226 g/mol. The van der Waals surface area contributed by atoms with Crippen LogP contribution in [0.15, 0.2) is 29.7 Å². The Balaban J connectivity index is 2.40. The quantitative estimate of drug-likeness (QED) is 0.731. The lowest BCUT2D eigenvalue weighted by molar-refractivity contribution is -0.107. The number of carbonyl (C=O) groups excluding carboxylic acids is 1. The molecule has 1 aromatic rings. The molecule has 0 fully saturated rings. The van der Waals surface area contributed by atoms with Crippen LogP contribution in [0.4, 0.5) is 0 Å². The second-order valence-corrected chi connectivity index (χ2v) is 5.72. The molecule has 0 aromatic carbocycles. The molecule has 0 N–H and O–H groups in total. The Kier molecular flexibility index (Phi) is 4.42. The summed E-state index contributed by atoms with van der Waals surface area (Å²) in [7, 11) is 0. The van der Waals surface area contributed by atoms with E-state index in [1.807, 2.05) is 6.07 Å². The maximum absolute atomic E-state index is 11.3. The average Bonchev–Trinajstić information content (AvgIpc) is 2.56. The van der Waals surface area contributed by atoms with Gasteiger partial charge in [-0.2, -0.15) is 0 Å². The van der Waals surface area contributed by atoms with E-state index in [9.17, 15) is 4.79 Å². The van der Waals surface area contributed by atoms with Gasteiger partial charge in [-0.15, -0.1) is 11.3 Å². The second kappa shape index (κ2) is 5.37. The number of thioether (sulfide) groups is 1. The summed E-state index contributed by atoms with van der Waals surface area (Å²) in [6.07, 6.45) is 0.960. The van der Waals surface area contributed by atoms with Crippen molar-refractivity contribution < 1.29 is 4.79 Å². The SMILES string of the molecule is C=C(C)C(=O)SC(C)Cc1cccs1. The van der Waals surface area contributed by atoms with Crippen LogP contribution < -0.4 is 0 Å². The van der Waals surface area contributed by atoms with Gasteiger partial charge in [-0.05, 0) is 30.4 Å². The van der Waals surface area contributed by atoms with Crippen LogP contribution in [0.1, 0.15) is 18.7 Å². The van der Waals surface area contributed by atoms with E-state index >= 15 is 0 Å². The fraction of sp³-hybridized carbons (Fsp3) is 0.364. The summed E-state index contributed by atoms with van der Waals surface area (Å²) in [5, 5.41) is 2.50. The smallest absolute Gasteiger partial charge is 0.214 e. The zero-order chi connectivity index (χ0) is 10.6. The standard InChI is InChI=1S/C11H14OS2/c1-8(2)11(12)14-9(3)7-10-5-4-6-13-10/h4-6,9H,1,7H2,2-3H3. The van der Waals surface area contributed by atoms with E-state index in [1.54, 1.807) is 18.3 Å². The molecule has 0 spiro atoms. The first-order valence-electron chi connectivity index (χ1n) is 4.48. The van der Waals surface area contributed by atoms with Crippen LogP contribution in [0, 0.1) is 0 Å². The van der Waals surface area contributed by atoms with Crippen LogP contribution in [-0.2, 0) is 11.2 Å². The maximum Gasteiger partial charge on any atom is 0.214 e. The first-order chi connectivity index (χ1) is 6.59. The second-order valence-electron chi connectivity index (χ2n) is 3.28. The van der Waals surface area contributed by atoms with Gasteiger partial charge in [0.25, 0.3) is 0 Å². The predicted octanol–water partition coefficient (Wildman–Crippen LogP) is 3.52. The molecule has 14 heavy (non-hydrogen) atoms. The zero-order valence-corrected chi connectivity index (χ0v) is 10.1. The molecule has 0 radical (unpaired) electrons. The highest BCUT2D eigenvalue weighted by atomic mass is 32.2. The molecule has 1 rings (SSSR count). The molecule has 1 nitrogen and oxygen atoms in total. The van der Waals surface area contributed by atoms with Crippen molar-refractivity contribution in [1.82, 2.24) is 0 Å². The normalized spacial score (nSPS) is 12.4. The molecule has 76 valence electrons. The van der Waals surface area contributed by atoms with Gasteiger partial charge in [-0.1, -0.05) is 31.3 Å². The Morgan fingerprint density at radius 2 is 2.43 bits per heavy atom. The molecule has 0 saturated heterocycles. The third kappa shape index (κ3) is 3.68. The zero-order valence-electron chi connectivity index (χ0n) is 8.45. The summed E-state index contributed by atoms with van der Waals surface area (Å²) >= 11 is 3.11. The Hall–Kier alpha value is -0.540. The van der Waals surface area contributed by atoms with E-state index in [-0.39, 0.29) is 5.12 Å². The number of rotatable bonds is 4. The van der Waals surface area contributed by atoms with Crippen LogP contribution >= 0.6 is 23.1 Å². The summed E-state index contributed by atoms with van der Waals surface area (Å²) in [5.41, 5.74) is 0.632. The van der Waals surface area contributed by atoms with Gasteiger partial charge < -0.3 is 0 Å². The lowest BCUT2D eigenvalue weighted by Crippen LogP contribution is -2.05. The Morgan fingerprint density at radius 1 is 1.71 bits per heavy atom. The molecule has 1 atom stereocenters. The van der Waals surface area contributed by atoms with Crippen LogP contribution in [-0.4, -0.2) is 10.4 Å². The van der Waals surface area contributed by atoms with Gasteiger partial charge in [0.15, 0.2) is 0 Å². The number of thiophene rings is 1. The molecule has 1 heterocycles. The largest absolute Gasteiger partial charge is 0.282 e. The van der Waals surface area contributed by atoms with Gasteiger partial charge in [0.05, 0.1) is 0 Å². The van der Waals surface area contributed by atoms with Crippen molar-refractivity contribution in [3.8, 4) is 0 Å². The third-order valence-corrected chi connectivity index (χ3v) is 3.76. The molecular formula is C11H14OS2. The number of hydrogen-bond acceptors (Lipinski definition) is 3. The van der Waals surface area contributed by atoms with Gasteiger partial charge >= 0.3 is 0 Å². The van der Waals surface area contributed by atoms with Crippen LogP contribution in [0.2, 0.25) is 0 Å². The minimum Gasteiger partial charge on any atom is -0.282 e. The summed E-state index contributed by atoms with van der Waals surface area (Å²) < 4.78 is 0. The van der Waals surface area contributed by atoms with Gasteiger partial charge in [0, 0.05) is 10.1 Å². The van der Waals surface area contributed by atoms with Gasteiger partial charge in [-0.3, -0.25) is 4.79 Å². The van der Waals surface area contributed by atoms with E-state index < -0.39 is 0 Å². The topological polar surface area (TPSA) is 17.1 Å². The first-order valence-corrected chi connectivity index (χ1v) is 6.24. The van der Waals surface area contributed by atoms with Crippen molar-refractivity contribution in [1.29, 1.82) is 0 Å². The highest BCUT2D eigenvalue weighted by molar-refractivity contribution is 8.14. The van der Waals surface area contributed by atoms with E-state index in [1.165, 1.54) is 16.6 Å². The summed E-state index contributed by atoms with van der Waals surface area (Å²) in [4.78, 5) is 12.7. The molecule has 1 unspecified atom stereocenters. The van der Waals surface area contributed by atoms with Crippen molar-refractivity contribution in [3.05, 3.63) is 34.5 Å². The van der Waals surface area contributed by atoms with Crippen LogP contribution in [0.25, 0.3) is 0 Å². The number of hydrogen-bond donors (Lipinski definition) is 0. The van der Waals surface area contributed by atoms with Crippen molar-refractivity contribution in [2.75, 3.05) is 0 Å². The molecule has 0 aliphatic heterocycles. The van der Waals surface area contributed by atoms with Crippen molar-refractivity contribution in [2.45, 2.75) is 25.5 Å². The van der Waals surface area contributed by atoms with Crippen LogP contribution in [0.5, 0.6) is 0 Å². The summed E-state index contributed by atoms with van der Waals surface area (Å²) in [6.45, 7) is 7.47. The molecule has 0 bridgehead atoms. The molecule has 0 saturated carbocycles. The minimum absolute atomic E-state index is 0.106. The molecular weight excluding hydrogens is 212 g/mol. The van der Waals surface area contributed by atoms with E-state index in [4.69, 9.17) is 0 Å². The molecule has 0 amide bonds. The Morgan fingerprint density at radius 3 is 2.93 bits per heavy atom. The fourth-order valence-electron chi connectivity index (χ4n) is 1.04. The van der Waals surface area contributed by atoms with Crippen molar-refractivity contribution in [3.63, 3.8) is 0 Å². The van der Waals surface area contributed by atoms with Crippen LogP contribution in [0.3, 0.4) is 0 Å². The average molecular weight is 226 g/mol. The predicted molar refractivity (Wildman–Crippen MR) is 64.9 cm³/mol. The fourth-order valence-corrected chi connectivity index (χ4v) is 2.81. The van der Waals surface area contributed by atoms with Gasteiger partial charge in [0.1, 0.15) is 0 Å². The van der Waals surface area contributed by atoms with E-state index in [2.05, 4.69) is 24.9 Å². The molecule has 0 aliphatic rings.